The number of benzene rings is 1. The number of halogens is 2. The molecule has 1 rings (SSSR count). The number of nitrogens with two attached hydrogens (primary N) is 2. The standard InChI is InChI=1S/C8H9ClFN3O3S/c9-4-1-5(11)8(10)6(2-4)17(15,16)13-3-7(12)14/h1-2,13H,3,11H2,(H2,12,14). The summed E-state index contributed by atoms with van der Waals surface area (Å²) in [7, 11) is -4.22. The molecule has 0 fully saturated rings. The van der Waals surface area contributed by atoms with Gasteiger partial charge in [0.2, 0.25) is 15.9 Å². The Balaban J connectivity index is 3.19. The van der Waals surface area contributed by atoms with Crippen LogP contribution in [-0.2, 0) is 14.8 Å². The first kappa shape index (κ1) is 13.7. The molecule has 0 aliphatic rings. The van der Waals surface area contributed by atoms with Crippen molar-refractivity contribution in [3.63, 3.8) is 0 Å². The molecule has 0 bridgehead atoms. The quantitative estimate of drug-likeness (QED) is 0.664. The van der Waals surface area contributed by atoms with Crippen LogP contribution in [0, 0.1) is 5.82 Å². The lowest BCUT2D eigenvalue weighted by Crippen LogP contribution is -2.33. The van der Waals surface area contributed by atoms with Gasteiger partial charge in [-0.3, -0.25) is 4.79 Å². The molecule has 0 aliphatic heterocycles. The van der Waals surface area contributed by atoms with Gasteiger partial charge < -0.3 is 11.5 Å². The number of anilines is 1. The van der Waals surface area contributed by atoms with Crippen molar-refractivity contribution in [1.82, 2.24) is 4.72 Å². The van der Waals surface area contributed by atoms with Crippen LogP contribution in [0.5, 0.6) is 0 Å². The van der Waals surface area contributed by atoms with Crippen LogP contribution < -0.4 is 16.2 Å². The number of nitrogen functional groups attached to an aromatic ring is 1. The molecule has 94 valence electrons. The first-order valence-electron chi connectivity index (χ1n) is 4.26. The van der Waals surface area contributed by atoms with E-state index in [9.17, 15) is 17.6 Å². The van der Waals surface area contributed by atoms with Crippen LogP contribution in [0.2, 0.25) is 5.02 Å². The minimum absolute atomic E-state index is 0.0386. The van der Waals surface area contributed by atoms with Crippen molar-refractivity contribution >= 4 is 33.2 Å². The Kier molecular flexibility index (Phi) is 3.91. The zero-order valence-electron chi connectivity index (χ0n) is 8.41. The van der Waals surface area contributed by atoms with Gasteiger partial charge in [-0.2, -0.15) is 0 Å². The summed E-state index contributed by atoms with van der Waals surface area (Å²) in [6, 6.07) is 1.96. The summed E-state index contributed by atoms with van der Waals surface area (Å²) in [6.07, 6.45) is 0. The summed E-state index contributed by atoms with van der Waals surface area (Å²) < 4.78 is 38.5. The van der Waals surface area contributed by atoms with Crippen LogP contribution >= 0.6 is 11.6 Å². The molecule has 1 aromatic rings. The second-order valence-corrected chi connectivity index (χ2v) is 5.27. The van der Waals surface area contributed by atoms with E-state index in [0.29, 0.717) is 0 Å². The van der Waals surface area contributed by atoms with Gasteiger partial charge in [0.1, 0.15) is 4.90 Å². The zero-order valence-corrected chi connectivity index (χ0v) is 9.98. The molecular formula is C8H9ClFN3O3S. The Morgan fingerprint density at radius 2 is 2.06 bits per heavy atom. The molecule has 0 aliphatic carbocycles. The molecule has 5 N–H and O–H groups in total. The molecule has 0 saturated carbocycles. The SMILES string of the molecule is NC(=O)CNS(=O)(=O)c1cc(Cl)cc(N)c1F. The van der Waals surface area contributed by atoms with Crippen LogP contribution in [-0.4, -0.2) is 20.9 Å². The van der Waals surface area contributed by atoms with E-state index in [1.165, 1.54) is 0 Å². The molecular weight excluding hydrogens is 273 g/mol. The Bertz CT molecular complexity index is 561. The summed E-state index contributed by atoms with van der Waals surface area (Å²) in [4.78, 5) is 9.71. The predicted octanol–water partition coefficient (Wildman–Crippen LogP) is -0.175. The summed E-state index contributed by atoms with van der Waals surface area (Å²) >= 11 is 5.56. The molecule has 6 nitrogen and oxygen atoms in total. The fourth-order valence-corrected chi connectivity index (χ4v) is 2.44. The fraction of sp³-hybridized carbons (Fsp3) is 0.125. The third kappa shape index (κ3) is 3.29. The van der Waals surface area contributed by atoms with Crippen LogP contribution in [0.15, 0.2) is 17.0 Å². The van der Waals surface area contributed by atoms with Crippen LogP contribution in [0.1, 0.15) is 0 Å². The average molecular weight is 282 g/mol. The first-order chi connectivity index (χ1) is 7.74. The number of primary amides is 1. The highest BCUT2D eigenvalue weighted by molar-refractivity contribution is 7.89. The smallest absolute Gasteiger partial charge is 0.244 e. The van der Waals surface area contributed by atoms with Crippen molar-refractivity contribution in [3.8, 4) is 0 Å². The Hall–Kier alpha value is -1.38. The van der Waals surface area contributed by atoms with Crippen LogP contribution in [0.3, 0.4) is 0 Å². The molecule has 17 heavy (non-hydrogen) atoms. The molecule has 9 heteroatoms. The largest absolute Gasteiger partial charge is 0.396 e. The van der Waals surface area contributed by atoms with Gasteiger partial charge in [-0.1, -0.05) is 11.6 Å². The zero-order chi connectivity index (χ0) is 13.2. The normalized spacial score (nSPS) is 11.4. The number of hydrogen-bond donors (Lipinski definition) is 3. The van der Waals surface area contributed by atoms with Crippen molar-refractivity contribution in [2.75, 3.05) is 12.3 Å². The maximum Gasteiger partial charge on any atom is 0.244 e. The highest BCUT2D eigenvalue weighted by Crippen LogP contribution is 2.24. The number of hydrogen-bond acceptors (Lipinski definition) is 4. The van der Waals surface area contributed by atoms with Gasteiger partial charge in [-0.15, -0.1) is 0 Å². The molecule has 0 aromatic heterocycles. The molecule has 1 aromatic carbocycles. The van der Waals surface area contributed by atoms with E-state index in [1.807, 2.05) is 4.72 Å². The van der Waals surface area contributed by atoms with E-state index < -0.39 is 38.9 Å². The number of sulfonamides is 1. The van der Waals surface area contributed by atoms with Crippen molar-refractivity contribution in [1.29, 1.82) is 0 Å². The third-order valence-corrected chi connectivity index (χ3v) is 3.38. The van der Waals surface area contributed by atoms with Gasteiger partial charge in [-0.25, -0.2) is 17.5 Å². The van der Waals surface area contributed by atoms with Gasteiger partial charge in [0.25, 0.3) is 0 Å². The second kappa shape index (κ2) is 4.86. The Morgan fingerprint density at radius 3 is 2.59 bits per heavy atom. The fourth-order valence-electron chi connectivity index (χ4n) is 1.02. The topological polar surface area (TPSA) is 115 Å². The summed E-state index contributed by atoms with van der Waals surface area (Å²) in [5.41, 5.74) is 9.59. The number of amides is 1. The summed E-state index contributed by atoms with van der Waals surface area (Å²) in [6.45, 7) is -0.645. The van der Waals surface area contributed by atoms with Gasteiger partial charge in [0.05, 0.1) is 12.2 Å². The molecule has 0 radical (unpaired) electrons. The molecule has 0 unspecified atom stereocenters. The van der Waals surface area contributed by atoms with Gasteiger partial charge in [0, 0.05) is 5.02 Å². The minimum atomic E-state index is -4.22. The first-order valence-corrected chi connectivity index (χ1v) is 6.12. The number of rotatable bonds is 4. The Labute approximate surface area is 102 Å². The lowest BCUT2D eigenvalue weighted by atomic mass is 10.3. The summed E-state index contributed by atoms with van der Waals surface area (Å²) in [5.74, 6) is -2.03. The third-order valence-electron chi connectivity index (χ3n) is 1.76. The molecule has 1 amide bonds. The van der Waals surface area contributed by atoms with E-state index in [-0.39, 0.29) is 5.02 Å². The predicted molar refractivity (Wildman–Crippen MR) is 60.2 cm³/mol. The van der Waals surface area contributed by atoms with Crippen molar-refractivity contribution in [2.24, 2.45) is 5.73 Å². The minimum Gasteiger partial charge on any atom is -0.396 e. The van der Waals surface area contributed by atoms with E-state index in [2.05, 4.69) is 0 Å². The molecule has 0 heterocycles. The molecule has 0 saturated heterocycles. The van der Waals surface area contributed by atoms with Crippen LogP contribution in [0.25, 0.3) is 0 Å². The average Bonchev–Trinajstić information content (AvgIpc) is 2.20. The maximum absolute atomic E-state index is 13.5. The lowest BCUT2D eigenvalue weighted by Gasteiger charge is -2.08. The van der Waals surface area contributed by atoms with Gasteiger partial charge in [-0.05, 0) is 12.1 Å². The van der Waals surface area contributed by atoms with Crippen molar-refractivity contribution < 1.29 is 17.6 Å². The van der Waals surface area contributed by atoms with E-state index >= 15 is 0 Å². The molecule has 0 atom stereocenters. The monoisotopic (exact) mass is 281 g/mol. The lowest BCUT2D eigenvalue weighted by molar-refractivity contribution is -0.116. The van der Waals surface area contributed by atoms with Gasteiger partial charge >= 0.3 is 0 Å². The van der Waals surface area contributed by atoms with Crippen molar-refractivity contribution in [2.45, 2.75) is 4.90 Å². The Morgan fingerprint density at radius 1 is 1.47 bits per heavy atom. The second-order valence-electron chi connectivity index (χ2n) is 3.10. The van der Waals surface area contributed by atoms with E-state index in [4.69, 9.17) is 23.1 Å². The maximum atomic E-state index is 13.5. The van der Waals surface area contributed by atoms with E-state index in [0.717, 1.165) is 12.1 Å². The molecule has 0 spiro atoms. The summed E-state index contributed by atoms with van der Waals surface area (Å²) in [5, 5.41) is -0.0386. The highest BCUT2D eigenvalue weighted by atomic mass is 35.5. The number of nitrogens with one attached hydrogen (secondary N) is 1. The number of carbonyl (C=O) groups excluding carboxylic acids is 1. The highest BCUT2D eigenvalue weighted by Gasteiger charge is 2.21. The van der Waals surface area contributed by atoms with Crippen LogP contribution in [0.4, 0.5) is 10.1 Å². The number of carbonyl (C=O) groups is 1. The van der Waals surface area contributed by atoms with Crippen molar-refractivity contribution in [3.05, 3.63) is 23.0 Å². The van der Waals surface area contributed by atoms with E-state index in [1.54, 1.807) is 0 Å². The van der Waals surface area contributed by atoms with Gasteiger partial charge in [0.15, 0.2) is 5.82 Å².